The van der Waals surface area contributed by atoms with E-state index in [9.17, 15) is 14.4 Å². The van der Waals surface area contributed by atoms with Crippen molar-refractivity contribution in [3.05, 3.63) is 47.7 Å². The Kier molecular flexibility index (Phi) is 9.82. The summed E-state index contributed by atoms with van der Waals surface area (Å²) in [5.74, 6) is -4.43. The molecular formula is C24H33N3O9. The molecular weight excluding hydrogens is 474 g/mol. The van der Waals surface area contributed by atoms with Crippen LogP contribution in [0.15, 0.2) is 47.3 Å². The SMILES string of the molecule is CN(C(=O)OC(C)(C)C)C1(/C(N)=N/O/C(=C\C(=O)O)C(=O)O)CCC(COCc2ccccc2)OC1. The highest BCUT2D eigenvalue weighted by Gasteiger charge is 2.47. The van der Waals surface area contributed by atoms with Crippen LogP contribution in [0.5, 0.6) is 0 Å². The van der Waals surface area contributed by atoms with Crippen LogP contribution in [0.1, 0.15) is 39.2 Å². The molecule has 0 aromatic heterocycles. The van der Waals surface area contributed by atoms with Crippen molar-refractivity contribution in [2.45, 2.75) is 57.5 Å². The highest BCUT2D eigenvalue weighted by molar-refractivity contribution is 5.94. The number of likely N-dealkylation sites (N-methyl/N-ethyl adjacent to an activating group) is 1. The number of nitrogens with zero attached hydrogens (tertiary/aromatic N) is 2. The van der Waals surface area contributed by atoms with Gasteiger partial charge in [-0.05, 0) is 39.2 Å². The number of carboxylic acid groups (broad SMARTS) is 2. The van der Waals surface area contributed by atoms with Gasteiger partial charge in [0.25, 0.3) is 0 Å². The van der Waals surface area contributed by atoms with Crippen LogP contribution < -0.4 is 5.73 Å². The highest BCUT2D eigenvalue weighted by atomic mass is 16.6. The van der Waals surface area contributed by atoms with Crippen LogP contribution in [0.3, 0.4) is 0 Å². The van der Waals surface area contributed by atoms with Crippen molar-refractivity contribution < 1.29 is 43.6 Å². The maximum Gasteiger partial charge on any atom is 0.410 e. The van der Waals surface area contributed by atoms with Crippen LogP contribution in [-0.2, 0) is 35.2 Å². The van der Waals surface area contributed by atoms with Gasteiger partial charge in [-0.3, -0.25) is 4.90 Å². The molecule has 0 bridgehead atoms. The molecule has 1 aromatic rings. The first-order valence-electron chi connectivity index (χ1n) is 11.2. The van der Waals surface area contributed by atoms with Gasteiger partial charge in [0.2, 0.25) is 5.76 Å². The highest BCUT2D eigenvalue weighted by Crippen LogP contribution is 2.30. The molecule has 1 aromatic carbocycles. The summed E-state index contributed by atoms with van der Waals surface area (Å²) in [5, 5.41) is 21.6. The Labute approximate surface area is 209 Å². The molecule has 36 heavy (non-hydrogen) atoms. The average Bonchev–Trinajstić information content (AvgIpc) is 2.80. The number of oxime groups is 1. The van der Waals surface area contributed by atoms with Crippen LogP contribution in [0.4, 0.5) is 4.79 Å². The molecule has 4 N–H and O–H groups in total. The number of benzene rings is 1. The third-order valence-electron chi connectivity index (χ3n) is 5.35. The van der Waals surface area contributed by atoms with Gasteiger partial charge < -0.3 is 35.0 Å². The maximum absolute atomic E-state index is 12.9. The normalized spacial score (nSPS) is 20.9. The summed E-state index contributed by atoms with van der Waals surface area (Å²) < 4.78 is 17.2. The molecule has 1 fully saturated rings. The van der Waals surface area contributed by atoms with Gasteiger partial charge in [0.1, 0.15) is 11.1 Å². The van der Waals surface area contributed by atoms with Gasteiger partial charge in [-0.15, -0.1) is 0 Å². The third kappa shape index (κ3) is 8.24. The average molecular weight is 508 g/mol. The lowest BCUT2D eigenvalue weighted by Crippen LogP contribution is -2.64. The largest absolute Gasteiger partial charge is 0.478 e. The number of nitrogens with two attached hydrogens (primary N) is 1. The van der Waals surface area contributed by atoms with Crippen LogP contribution in [0.25, 0.3) is 0 Å². The van der Waals surface area contributed by atoms with Crippen LogP contribution in [-0.4, -0.2) is 76.5 Å². The van der Waals surface area contributed by atoms with Crippen molar-refractivity contribution in [3.8, 4) is 0 Å². The molecule has 2 unspecified atom stereocenters. The van der Waals surface area contributed by atoms with Gasteiger partial charge in [-0.25, -0.2) is 14.4 Å². The lowest BCUT2D eigenvalue weighted by Gasteiger charge is -2.45. The van der Waals surface area contributed by atoms with E-state index in [1.54, 1.807) is 20.8 Å². The van der Waals surface area contributed by atoms with Crippen LogP contribution in [0, 0.1) is 0 Å². The predicted molar refractivity (Wildman–Crippen MR) is 128 cm³/mol. The van der Waals surface area contributed by atoms with Crippen molar-refractivity contribution in [3.63, 3.8) is 0 Å². The van der Waals surface area contributed by atoms with E-state index < -0.39 is 34.9 Å². The molecule has 1 aliphatic heterocycles. The maximum atomic E-state index is 12.9. The number of amidine groups is 1. The molecule has 198 valence electrons. The van der Waals surface area contributed by atoms with E-state index in [4.69, 9.17) is 35.0 Å². The minimum absolute atomic E-state index is 0.105. The Morgan fingerprint density at radius 2 is 1.92 bits per heavy atom. The Bertz CT molecular complexity index is 978. The molecule has 1 amide bonds. The first-order chi connectivity index (χ1) is 16.8. The Balaban J connectivity index is 2.18. The molecule has 0 radical (unpaired) electrons. The Hall–Kier alpha value is -3.64. The van der Waals surface area contributed by atoms with E-state index in [1.165, 1.54) is 11.9 Å². The van der Waals surface area contributed by atoms with E-state index in [0.29, 0.717) is 25.7 Å². The fraction of sp³-hybridized carbons (Fsp3) is 0.500. The van der Waals surface area contributed by atoms with Gasteiger partial charge in [0.05, 0.1) is 32.0 Å². The van der Waals surface area contributed by atoms with Crippen LogP contribution in [0.2, 0.25) is 0 Å². The second kappa shape index (κ2) is 12.4. The zero-order valence-electron chi connectivity index (χ0n) is 20.8. The summed E-state index contributed by atoms with van der Waals surface area (Å²) >= 11 is 0. The molecule has 2 rings (SSSR count). The zero-order chi connectivity index (χ0) is 26.9. The number of aliphatic carboxylic acids is 2. The topological polar surface area (TPSA) is 170 Å². The lowest BCUT2D eigenvalue weighted by atomic mass is 9.87. The third-order valence-corrected chi connectivity index (χ3v) is 5.35. The number of ether oxygens (including phenoxy) is 3. The van der Waals surface area contributed by atoms with Gasteiger partial charge in [-0.2, -0.15) is 0 Å². The zero-order valence-corrected chi connectivity index (χ0v) is 20.8. The molecule has 12 heteroatoms. The van der Waals surface area contributed by atoms with Gasteiger partial charge >= 0.3 is 18.0 Å². The molecule has 1 heterocycles. The summed E-state index contributed by atoms with van der Waals surface area (Å²) in [7, 11) is 1.46. The number of carboxylic acids is 2. The Morgan fingerprint density at radius 1 is 1.25 bits per heavy atom. The molecule has 0 aliphatic carbocycles. The monoisotopic (exact) mass is 507 g/mol. The van der Waals surface area contributed by atoms with E-state index >= 15 is 0 Å². The summed E-state index contributed by atoms with van der Waals surface area (Å²) in [4.78, 5) is 41.0. The fourth-order valence-corrected chi connectivity index (χ4v) is 3.39. The van der Waals surface area contributed by atoms with E-state index in [-0.39, 0.29) is 25.0 Å². The van der Waals surface area contributed by atoms with Gasteiger partial charge in [0.15, 0.2) is 5.84 Å². The first kappa shape index (κ1) is 28.6. The summed E-state index contributed by atoms with van der Waals surface area (Å²) in [5.41, 5.74) is 5.07. The molecule has 2 atom stereocenters. The number of rotatable bonds is 10. The number of hydrogen-bond donors (Lipinski definition) is 3. The predicted octanol–water partition coefficient (Wildman–Crippen LogP) is 2.33. The minimum atomic E-state index is -1.65. The van der Waals surface area contributed by atoms with E-state index in [0.717, 1.165) is 5.56 Å². The second-order valence-electron chi connectivity index (χ2n) is 9.26. The standard InChI is InChI=1S/C24H33N3O9/c1-23(2,3)35-22(32)27(4)24(21(25)26-36-18(20(30)31)12-19(28)29)11-10-17(34-15-24)14-33-13-16-8-6-5-7-9-16/h5-9,12,17H,10-11,13-15H2,1-4H3,(H2,25,26)(H,28,29)(H,30,31)/b18-12-. The van der Waals surface area contributed by atoms with E-state index in [1.807, 2.05) is 30.3 Å². The lowest BCUT2D eigenvalue weighted by molar-refractivity contribution is -0.138. The molecule has 12 nitrogen and oxygen atoms in total. The number of carbonyl (C=O) groups is 3. The minimum Gasteiger partial charge on any atom is -0.478 e. The van der Waals surface area contributed by atoms with Crippen molar-refractivity contribution in [1.82, 2.24) is 4.90 Å². The van der Waals surface area contributed by atoms with Crippen molar-refractivity contribution in [2.24, 2.45) is 10.9 Å². The van der Waals surface area contributed by atoms with Crippen molar-refractivity contribution >= 4 is 23.9 Å². The molecule has 0 spiro atoms. The first-order valence-corrected chi connectivity index (χ1v) is 11.2. The fourth-order valence-electron chi connectivity index (χ4n) is 3.39. The Morgan fingerprint density at radius 3 is 2.44 bits per heavy atom. The van der Waals surface area contributed by atoms with E-state index in [2.05, 4.69) is 5.16 Å². The summed E-state index contributed by atoms with van der Waals surface area (Å²) in [6, 6.07) is 9.65. The van der Waals surface area contributed by atoms with Gasteiger partial charge in [0, 0.05) is 7.05 Å². The van der Waals surface area contributed by atoms with Crippen LogP contribution >= 0.6 is 0 Å². The number of hydrogen-bond acceptors (Lipinski definition) is 8. The molecule has 0 saturated carbocycles. The summed E-state index contributed by atoms with van der Waals surface area (Å²) in [6.07, 6.45) is 0.0355. The quantitative estimate of drug-likeness (QED) is 0.140. The molecule has 1 saturated heterocycles. The summed E-state index contributed by atoms with van der Waals surface area (Å²) in [6.45, 7) is 5.73. The smallest absolute Gasteiger partial charge is 0.410 e. The number of amides is 1. The number of carbonyl (C=O) groups excluding carboxylic acids is 1. The van der Waals surface area contributed by atoms with Crippen molar-refractivity contribution in [2.75, 3.05) is 20.3 Å². The van der Waals surface area contributed by atoms with Crippen molar-refractivity contribution in [1.29, 1.82) is 0 Å². The second-order valence-corrected chi connectivity index (χ2v) is 9.26. The molecule has 1 aliphatic rings. The van der Waals surface area contributed by atoms with Gasteiger partial charge in [-0.1, -0.05) is 35.5 Å².